The highest BCUT2D eigenvalue weighted by atomic mass is 16.3. The van der Waals surface area contributed by atoms with Crippen molar-refractivity contribution in [3.8, 4) is 0 Å². The summed E-state index contributed by atoms with van der Waals surface area (Å²) in [6.07, 6.45) is 2.73. The van der Waals surface area contributed by atoms with Gasteiger partial charge in [-0.3, -0.25) is 9.78 Å². The molecule has 0 unspecified atom stereocenters. The molecule has 2 aromatic rings. The molecule has 1 aliphatic heterocycles. The zero-order valence-corrected chi connectivity index (χ0v) is 14.5. The van der Waals surface area contributed by atoms with Gasteiger partial charge in [-0.1, -0.05) is 30.3 Å². The molecule has 3 N–H and O–H groups in total. The van der Waals surface area contributed by atoms with Crippen molar-refractivity contribution in [3.05, 3.63) is 60.4 Å². The van der Waals surface area contributed by atoms with E-state index in [2.05, 4.69) is 10.3 Å². The van der Waals surface area contributed by atoms with Crippen LogP contribution in [0.1, 0.15) is 11.5 Å². The van der Waals surface area contributed by atoms with E-state index in [9.17, 15) is 15.0 Å². The Labute approximate surface area is 152 Å². The van der Waals surface area contributed by atoms with E-state index < -0.39 is 11.5 Å². The van der Waals surface area contributed by atoms with E-state index in [0.717, 1.165) is 11.3 Å². The molecule has 0 bridgehead atoms. The fraction of sp³-hybridized carbons (Fsp3) is 0.400. The number of likely N-dealkylation sites (tertiary alicyclic amines) is 1. The molecular formula is C20H23N3O3. The second-order valence-corrected chi connectivity index (χ2v) is 7.18. The maximum Gasteiger partial charge on any atom is 0.241 e. The normalized spacial score (nSPS) is 29.8. The number of aliphatic hydroxyl groups is 2. The van der Waals surface area contributed by atoms with E-state index in [-0.39, 0.29) is 30.9 Å². The van der Waals surface area contributed by atoms with Gasteiger partial charge in [0, 0.05) is 37.5 Å². The number of nitrogens with zero attached hydrogens (tertiary/aromatic N) is 2. The first-order valence-corrected chi connectivity index (χ1v) is 8.92. The highest BCUT2D eigenvalue weighted by Crippen LogP contribution is 2.68. The maximum atomic E-state index is 12.6. The minimum absolute atomic E-state index is 0.0102. The molecule has 1 saturated heterocycles. The number of hydrogen-bond acceptors (Lipinski definition) is 5. The number of benzene rings is 1. The number of hydrogen-bond donors (Lipinski definition) is 3. The highest BCUT2D eigenvalue weighted by molar-refractivity contribution is 5.81. The molecule has 1 aliphatic carbocycles. The third kappa shape index (κ3) is 2.75. The van der Waals surface area contributed by atoms with E-state index in [4.69, 9.17) is 0 Å². The van der Waals surface area contributed by atoms with Gasteiger partial charge in [-0.05, 0) is 29.5 Å². The molecule has 1 spiro atoms. The molecule has 1 saturated carbocycles. The van der Waals surface area contributed by atoms with Gasteiger partial charge in [0.2, 0.25) is 5.91 Å². The Balaban J connectivity index is 1.45. The Morgan fingerprint density at radius 3 is 2.77 bits per heavy atom. The lowest BCUT2D eigenvalue weighted by Gasteiger charge is -2.17. The summed E-state index contributed by atoms with van der Waals surface area (Å²) in [5.74, 6) is 0.0249. The molecule has 2 fully saturated rings. The highest BCUT2D eigenvalue weighted by Gasteiger charge is 2.71. The van der Waals surface area contributed by atoms with Crippen LogP contribution >= 0.6 is 0 Å². The van der Waals surface area contributed by atoms with Crippen LogP contribution in [0.25, 0.3) is 0 Å². The number of rotatable bonds is 5. The molecule has 1 amide bonds. The number of carbonyl (C=O) groups excluding carboxylic acids is 1. The Morgan fingerprint density at radius 2 is 2.08 bits per heavy atom. The van der Waals surface area contributed by atoms with Gasteiger partial charge in [0.15, 0.2) is 0 Å². The minimum Gasteiger partial charge on any atom is -0.396 e. The number of β-amino-alcohol motifs (C(OH)–C–C–N with tert-alkyl or cyclic N) is 1. The van der Waals surface area contributed by atoms with Crippen molar-refractivity contribution in [1.82, 2.24) is 9.88 Å². The summed E-state index contributed by atoms with van der Waals surface area (Å²) >= 11 is 0. The molecular weight excluding hydrogens is 330 g/mol. The maximum absolute atomic E-state index is 12.6. The number of carbonyl (C=O) groups is 1. The number of nitrogens with one attached hydrogen (secondary N) is 1. The molecule has 6 heteroatoms. The van der Waals surface area contributed by atoms with Gasteiger partial charge >= 0.3 is 0 Å². The molecule has 0 radical (unpaired) electrons. The first-order valence-electron chi connectivity index (χ1n) is 8.92. The first kappa shape index (κ1) is 17.0. The first-order chi connectivity index (χ1) is 12.7. The van der Waals surface area contributed by atoms with E-state index in [0.29, 0.717) is 13.1 Å². The molecule has 26 heavy (non-hydrogen) atoms. The van der Waals surface area contributed by atoms with Crippen molar-refractivity contribution in [3.63, 3.8) is 0 Å². The summed E-state index contributed by atoms with van der Waals surface area (Å²) in [6, 6.07) is 13.6. The predicted molar refractivity (Wildman–Crippen MR) is 97.5 cm³/mol. The van der Waals surface area contributed by atoms with Gasteiger partial charge in [0.05, 0.1) is 18.3 Å². The summed E-state index contributed by atoms with van der Waals surface area (Å²) in [4.78, 5) is 18.3. The van der Waals surface area contributed by atoms with Crippen LogP contribution in [0.2, 0.25) is 0 Å². The van der Waals surface area contributed by atoms with Crippen LogP contribution in [0.3, 0.4) is 0 Å². The molecule has 136 valence electrons. The standard InChI is InChI=1S/C20H23N3O3/c24-12-16-19(14-5-2-1-3-6-14)20(16)13-23(11-17(20)25)18(26)10-22-15-7-4-8-21-9-15/h1-9,16-17,19,22,24-25H,10-13H2/t16-,17+,19-,20-/m1/s1. The van der Waals surface area contributed by atoms with Gasteiger partial charge < -0.3 is 20.4 Å². The number of anilines is 1. The number of aliphatic hydroxyl groups excluding tert-OH is 2. The quantitative estimate of drug-likeness (QED) is 0.749. The Kier molecular flexibility index (Phi) is 4.38. The largest absolute Gasteiger partial charge is 0.396 e. The van der Waals surface area contributed by atoms with Crippen LogP contribution in [0.5, 0.6) is 0 Å². The average molecular weight is 353 g/mol. The smallest absolute Gasteiger partial charge is 0.241 e. The van der Waals surface area contributed by atoms with Crippen molar-refractivity contribution in [1.29, 1.82) is 0 Å². The van der Waals surface area contributed by atoms with Gasteiger partial charge in [-0.15, -0.1) is 0 Å². The number of aromatic nitrogens is 1. The summed E-state index contributed by atoms with van der Waals surface area (Å²) in [7, 11) is 0. The van der Waals surface area contributed by atoms with Crippen LogP contribution in [0, 0.1) is 11.3 Å². The zero-order valence-electron chi connectivity index (χ0n) is 14.5. The average Bonchev–Trinajstić information content (AvgIpc) is 3.22. The van der Waals surface area contributed by atoms with Gasteiger partial charge in [0.25, 0.3) is 0 Å². The molecule has 2 aliphatic rings. The van der Waals surface area contributed by atoms with Crippen LogP contribution in [-0.2, 0) is 4.79 Å². The van der Waals surface area contributed by atoms with Gasteiger partial charge in [0.1, 0.15) is 0 Å². The summed E-state index contributed by atoms with van der Waals surface area (Å²) in [5.41, 5.74) is 1.48. The SMILES string of the molecule is O=C(CNc1cccnc1)N1C[C@H](O)[C@@]2(C1)[C@H](CO)[C@H]2c1ccccc1. The lowest BCUT2D eigenvalue weighted by atomic mass is 9.95. The fourth-order valence-electron chi connectivity index (χ4n) is 4.51. The van der Waals surface area contributed by atoms with E-state index >= 15 is 0 Å². The topological polar surface area (TPSA) is 85.7 Å². The van der Waals surface area contributed by atoms with E-state index in [1.54, 1.807) is 17.3 Å². The lowest BCUT2D eigenvalue weighted by Crippen LogP contribution is -2.34. The van der Waals surface area contributed by atoms with Crippen LogP contribution < -0.4 is 5.32 Å². The minimum atomic E-state index is -0.618. The molecule has 4 atom stereocenters. The Bertz CT molecular complexity index is 770. The van der Waals surface area contributed by atoms with E-state index in [1.165, 1.54) is 0 Å². The van der Waals surface area contributed by atoms with Crippen molar-refractivity contribution in [2.45, 2.75) is 12.0 Å². The lowest BCUT2D eigenvalue weighted by molar-refractivity contribution is -0.128. The Morgan fingerprint density at radius 1 is 1.27 bits per heavy atom. The Hall–Kier alpha value is -2.44. The molecule has 1 aromatic heterocycles. The van der Waals surface area contributed by atoms with Crippen molar-refractivity contribution >= 4 is 11.6 Å². The van der Waals surface area contributed by atoms with Crippen molar-refractivity contribution < 1.29 is 15.0 Å². The van der Waals surface area contributed by atoms with Crippen LogP contribution in [-0.4, -0.2) is 58.3 Å². The fourth-order valence-corrected chi connectivity index (χ4v) is 4.51. The number of amides is 1. The second kappa shape index (κ2) is 6.70. The summed E-state index contributed by atoms with van der Waals surface area (Å²) in [5, 5.41) is 23.6. The van der Waals surface area contributed by atoms with Gasteiger partial charge in [-0.2, -0.15) is 0 Å². The summed E-state index contributed by atoms with van der Waals surface area (Å²) in [6.45, 7) is 0.973. The van der Waals surface area contributed by atoms with Crippen molar-refractivity contribution in [2.75, 3.05) is 31.6 Å². The van der Waals surface area contributed by atoms with E-state index in [1.807, 2.05) is 42.5 Å². The second-order valence-electron chi connectivity index (χ2n) is 7.18. The molecule has 1 aromatic carbocycles. The van der Waals surface area contributed by atoms with Gasteiger partial charge in [-0.25, -0.2) is 0 Å². The van der Waals surface area contributed by atoms with Crippen molar-refractivity contribution in [2.24, 2.45) is 11.3 Å². The summed E-state index contributed by atoms with van der Waals surface area (Å²) < 4.78 is 0. The monoisotopic (exact) mass is 353 g/mol. The third-order valence-corrected chi connectivity index (χ3v) is 5.85. The zero-order chi connectivity index (χ0) is 18.1. The molecule has 4 rings (SSSR count). The third-order valence-electron chi connectivity index (χ3n) is 5.85. The molecule has 2 heterocycles. The number of pyridine rings is 1. The predicted octanol–water partition coefficient (Wildman–Crippen LogP) is 1.09. The van der Waals surface area contributed by atoms with Crippen LogP contribution in [0.15, 0.2) is 54.9 Å². The molecule has 6 nitrogen and oxygen atoms in total. The van der Waals surface area contributed by atoms with Crippen LogP contribution in [0.4, 0.5) is 5.69 Å².